The van der Waals surface area contributed by atoms with Gasteiger partial charge in [-0.2, -0.15) is 0 Å². The molecule has 1 aromatic heterocycles. The maximum Gasteiger partial charge on any atom is 0.242 e. The van der Waals surface area contributed by atoms with Crippen LogP contribution in [0.1, 0.15) is 13.8 Å². The van der Waals surface area contributed by atoms with Crippen LogP contribution in [0, 0.1) is 5.82 Å². The monoisotopic (exact) mass is 298 g/mol. The predicted molar refractivity (Wildman–Crippen MR) is 77.0 cm³/mol. The van der Waals surface area contributed by atoms with Gasteiger partial charge in [0.2, 0.25) is 11.9 Å². The highest BCUT2D eigenvalue weighted by molar-refractivity contribution is 6.31. The first kappa shape index (κ1) is 14.6. The molecule has 1 amide bonds. The van der Waals surface area contributed by atoms with E-state index in [2.05, 4.69) is 4.98 Å². The van der Waals surface area contributed by atoms with Crippen molar-refractivity contribution in [2.45, 2.75) is 20.4 Å². The first-order chi connectivity index (χ1) is 9.47. The third-order valence-corrected chi connectivity index (χ3v) is 3.52. The van der Waals surface area contributed by atoms with Crippen molar-refractivity contribution in [2.75, 3.05) is 18.8 Å². The minimum absolute atomic E-state index is 0.0195. The number of hydrogen-bond acceptors (Lipinski definition) is 3. The summed E-state index contributed by atoms with van der Waals surface area (Å²) in [6.45, 7) is 5.12. The van der Waals surface area contributed by atoms with Crippen LogP contribution >= 0.6 is 11.6 Å². The SMILES string of the molecule is CCN(CC)C(=O)Cn1c(N)nc2cc(F)c(Cl)cc21. The van der Waals surface area contributed by atoms with E-state index < -0.39 is 5.82 Å². The third-order valence-electron chi connectivity index (χ3n) is 3.23. The maximum absolute atomic E-state index is 13.4. The quantitative estimate of drug-likeness (QED) is 0.942. The highest BCUT2D eigenvalue weighted by Gasteiger charge is 2.16. The van der Waals surface area contributed by atoms with Gasteiger partial charge in [0.05, 0.1) is 16.1 Å². The lowest BCUT2D eigenvalue weighted by Crippen LogP contribution is -2.33. The van der Waals surface area contributed by atoms with Gasteiger partial charge < -0.3 is 15.2 Å². The molecule has 0 saturated carbocycles. The van der Waals surface area contributed by atoms with Crippen LogP contribution in [0.15, 0.2) is 12.1 Å². The van der Waals surface area contributed by atoms with Crippen LogP contribution in [-0.4, -0.2) is 33.4 Å². The van der Waals surface area contributed by atoms with Gasteiger partial charge in [-0.1, -0.05) is 11.6 Å². The second kappa shape index (κ2) is 5.66. The number of likely N-dealkylation sites (N-methyl/N-ethyl adjacent to an activating group) is 1. The van der Waals surface area contributed by atoms with E-state index in [1.54, 1.807) is 9.47 Å². The summed E-state index contributed by atoms with van der Waals surface area (Å²) in [6.07, 6.45) is 0. The van der Waals surface area contributed by atoms with E-state index in [0.717, 1.165) is 0 Å². The van der Waals surface area contributed by atoms with Crippen LogP contribution in [0.25, 0.3) is 11.0 Å². The summed E-state index contributed by atoms with van der Waals surface area (Å²) in [5.74, 6) is -0.456. The van der Waals surface area contributed by atoms with Crippen molar-refractivity contribution >= 4 is 34.5 Å². The molecule has 2 N–H and O–H groups in total. The molecule has 0 bridgehead atoms. The molecule has 1 heterocycles. The van der Waals surface area contributed by atoms with E-state index in [0.29, 0.717) is 24.1 Å². The number of rotatable bonds is 4. The molecule has 0 aliphatic heterocycles. The molecule has 0 aliphatic rings. The second-order valence-electron chi connectivity index (χ2n) is 4.38. The van der Waals surface area contributed by atoms with E-state index >= 15 is 0 Å². The molecule has 5 nitrogen and oxygen atoms in total. The van der Waals surface area contributed by atoms with Gasteiger partial charge in [-0.15, -0.1) is 0 Å². The number of imidazole rings is 1. The molecule has 0 fully saturated rings. The van der Waals surface area contributed by atoms with E-state index in [1.807, 2.05) is 13.8 Å². The topological polar surface area (TPSA) is 64.2 Å². The summed E-state index contributed by atoms with van der Waals surface area (Å²) in [5, 5.41) is -0.0195. The fraction of sp³-hybridized carbons (Fsp3) is 0.385. The smallest absolute Gasteiger partial charge is 0.242 e. The Morgan fingerprint density at radius 3 is 2.70 bits per heavy atom. The first-order valence-electron chi connectivity index (χ1n) is 6.36. The molecule has 0 aliphatic carbocycles. The normalized spacial score (nSPS) is 11.0. The van der Waals surface area contributed by atoms with Crippen molar-refractivity contribution in [3.63, 3.8) is 0 Å². The van der Waals surface area contributed by atoms with Crippen LogP contribution in [-0.2, 0) is 11.3 Å². The molecule has 0 saturated heterocycles. The number of anilines is 1. The van der Waals surface area contributed by atoms with Gasteiger partial charge in [-0.05, 0) is 19.9 Å². The minimum Gasteiger partial charge on any atom is -0.369 e. The number of hydrogen-bond donors (Lipinski definition) is 1. The molecule has 0 atom stereocenters. The Bertz CT molecular complexity index is 651. The highest BCUT2D eigenvalue weighted by Crippen LogP contribution is 2.24. The Morgan fingerprint density at radius 2 is 2.10 bits per heavy atom. The lowest BCUT2D eigenvalue weighted by molar-refractivity contribution is -0.131. The molecular weight excluding hydrogens is 283 g/mol. The molecule has 0 radical (unpaired) electrons. The molecule has 20 heavy (non-hydrogen) atoms. The second-order valence-corrected chi connectivity index (χ2v) is 4.78. The van der Waals surface area contributed by atoms with E-state index in [-0.39, 0.29) is 23.4 Å². The molecule has 0 spiro atoms. The average molecular weight is 299 g/mol. The summed E-state index contributed by atoms with van der Waals surface area (Å²) in [5.41, 5.74) is 6.74. The van der Waals surface area contributed by atoms with Crippen LogP contribution in [0.4, 0.5) is 10.3 Å². The number of carbonyl (C=O) groups is 1. The molecule has 7 heteroatoms. The number of nitrogens with two attached hydrogens (primary N) is 1. The molecule has 2 rings (SSSR count). The number of fused-ring (bicyclic) bond motifs is 1. The molecule has 0 unspecified atom stereocenters. The number of nitrogens with zero attached hydrogens (tertiary/aromatic N) is 3. The van der Waals surface area contributed by atoms with Crippen molar-refractivity contribution in [1.82, 2.24) is 14.5 Å². The molecule has 1 aromatic carbocycles. The van der Waals surface area contributed by atoms with Crippen molar-refractivity contribution < 1.29 is 9.18 Å². The van der Waals surface area contributed by atoms with Crippen molar-refractivity contribution in [1.29, 1.82) is 0 Å². The van der Waals surface area contributed by atoms with Crippen molar-refractivity contribution in [3.05, 3.63) is 23.0 Å². The van der Waals surface area contributed by atoms with Gasteiger partial charge >= 0.3 is 0 Å². The minimum atomic E-state index is -0.557. The van der Waals surface area contributed by atoms with Gasteiger partial charge in [0.15, 0.2) is 0 Å². The zero-order valence-corrected chi connectivity index (χ0v) is 12.1. The third kappa shape index (κ3) is 2.56. The lowest BCUT2D eigenvalue weighted by atomic mass is 10.3. The average Bonchev–Trinajstić information content (AvgIpc) is 2.68. The van der Waals surface area contributed by atoms with Gasteiger partial charge in [0.25, 0.3) is 0 Å². The summed E-state index contributed by atoms with van der Waals surface area (Å²) in [6, 6.07) is 2.65. The zero-order chi connectivity index (χ0) is 14.9. The largest absolute Gasteiger partial charge is 0.369 e. The van der Waals surface area contributed by atoms with Crippen LogP contribution in [0.3, 0.4) is 0 Å². The first-order valence-corrected chi connectivity index (χ1v) is 6.74. The van der Waals surface area contributed by atoms with Gasteiger partial charge in [0.1, 0.15) is 12.4 Å². The Morgan fingerprint density at radius 1 is 1.45 bits per heavy atom. The van der Waals surface area contributed by atoms with Crippen LogP contribution < -0.4 is 5.73 Å². The highest BCUT2D eigenvalue weighted by atomic mass is 35.5. The number of benzene rings is 1. The fourth-order valence-electron chi connectivity index (χ4n) is 2.12. The van der Waals surface area contributed by atoms with E-state index in [1.165, 1.54) is 12.1 Å². The summed E-state index contributed by atoms with van der Waals surface area (Å²) in [7, 11) is 0. The number of nitrogen functional groups attached to an aromatic ring is 1. The fourth-order valence-corrected chi connectivity index (χ4v) is 2.27. The van der Waals surface area contributed by atoms with Crippen molar-refractivity contribution in [3.8, 4) is 0 Å². The zero-order valence-electron chi connectivity index (χ0n) is 11.4. The van der Waals surface area contributed by atoms with Crippen LogP contribution in [0.2, 0.25) is 5.02 Å². The number of halogens is 2. The van der Waals surface area contributed by atoms with Gasteiger partial charge in [0, 0.05) is 19.2 Å². The molecule has 108 valence electrons. The van der Waals surface area contributed by atoms with E-state index in [9.17, 15) is 9.18 Å². The number of aromatic nitrogens is 2. The Balaban J connectivity index is 2.41. The number of carbonyl (C=O) groups excluding carboxylic acids is 1. The predicted octanol–water partition coefficient (Wildman–Crippen LogP) is 2.28. The Labute approximate surface area is 121 Å². The lowest BCUT2D eigenvalue weighted by Gasteiger charge is -2.19. The maximum atomic E-state index is 13.4. The van der Waals surface area contributed by atoms with Crippen LogP contribution in [0.5, 0.6) is 0 Å². The molecule has 2 aromatic rings. The van der Waals surface area contributed by atoms with Gasteiger partial charge in [-0.3, -0.25) is 4.79 Å². The van der Waals surface area contributed by atoms with Crippen molar-refractivity contribution in [2.24, 2.45) is 0 Å². The summed E-state index contributed by atoms with van der Waals surface area (Å²) in [4.78, 5) is 17.9. The molecular formula is C13H16ClFN4O. The van der Waals surface area contributed by atoms with Gasteiger partial charge in [-0.25, -0.2) is 9.37 Å². The number of amides is 1. The summed E-state index contributed by atoms with van der Waals surface area (Å²) < 4.78 is 14.9. The van der Waals surface area contributed by atoms with E-state index in [4.69, 9.17) is 17.3 Å². The Hall–Kier alpha value is -1.82. The standard InChI is InChI=1S/C13H16ClFN4O/c1-3-18(4-2)12(20)7-19-11-5-8(14)9(15)6-10(11)17-13(19)16/h5-6H,3-4,7H2,1-2H3,(H2,16,17). The Kier molecular flexibility index (Phi) is 4.13. The summed E-state index contributed by atoms with van der Waals surface area (Å²) >= 11 is 5.77.